The molecule has 0 nitrogen and oxygen atoms in total. The van der Waals surface area contributed by atoms with Gasteiger partial charge in [-0.2, -0.15) is 0 Å². The van der Waals surface area contributed by atoms with Crippen LogP contribution in [-0.4, -0.2) is 0 Å². The minimum Gasteiger partial charge on any atom is -0.0616 e. The van der Waals surface area contributed by atoms with Crippen LogP contribution in [0.3, 0.4) is 0 Å². The number of rotatable bonds is 2. The lowest BCUT2D eigenvalue weighted by molar-refractivity contribution is 1.61. The number of hydrogen-bond donors (Lipinski definition) is 0. The SMILES string of the molecule is Ic1ccc(-c2c3ccccc3c(-c3ccc(I)cc3)c3ccccc23)cc1. The maximum atomic E-state index is 2.37. The van der Waals surface area contributed by atoms with Crippen LogP contribution in [0.15, 0.2) is 97.1 Å². The highest BCUT2D eigenvalue weighted by atomic mass is 127. The third-order valence-electron chi connectivity index (χ3n) is 5.20. The molecule has 0 amide bonds. The zero-order valence-electron chi connectivity index (χ0n) is 15.0. The molecule has 5 aromatic rings. The molecule has 0 saturated heterocycles. The molecule has 0 aliphatic rings. The number of hydrogen-bond acceptors (Lipinski definition) is 0. The number of benzene rings is 5. The minimum absolute atomic E-state index is 1.26. The van der Waals surface area contributed by atoms with Crippen molar-refractivity contribution in [2.24, 2.45) is 0 Å². The van der Waals surface area contributed by atoms with Gasteiger partial charge in [-0.25, -0.2) is 0 Å². The highest BCUT2D eigenvalue weighted by molar-refractivity contribution is 14.1. The van der Waals surface area contributed by atoms with Gasteiger partial charge in [-0.15, -0.1) is 0 Å². The first-order valence-corrected chi connectivity index (χ1v) is 11.3. The van der Waals surface area contributed by atoms with Crippen molar-refractivity contribution in [3.63, 3.8) is 0 Å². The van der Waals surface area contributed by atoms with E-state index in [0.717, 1.165) is 0 Å². The van der Waals surface area contributed by atoms with E-state index < -0.39 is 0 Å². The van der Waals surface area contributed by atoms with Crippen molar-refractivity contribution >= 4 is 66.7 Å². The lowest BCUT2D eigenvalue weighted by Gasteiger charge is -2.17. The summed E-state index contributed by atoms with van der Waals surface area (Å²) in [5.74, 6) is 0. The topological polar surface area (TPSA) is 0 Å². The molecule has 0 aromatic heterocycles. The van der Waals surface area contributed by atoms with Crippen molar-refractivity contribution in [1.82, 2.24) is 0 Å². The molecule has 0 bridgehead atoms. The molecule has 0 spiro atoms. The van der Waals surface area contributed by atoms with Crippen molar-refractivity contribution < 1.29 is 0 Å². The smallest absolute Gasteiger partial charge is 0.0130 e. The predicted octanol–water partition coefficient (Wildman–Crippen LogP) is 8.54. The summed E-state index contributed by atoms with van der Waals surface area (Å²) in [6, 6.07) is 35.3. The molecule has 0 saturated carbocycles. The zero-order chi connectivity index (χ0) is 19.1. The normalized spacial score (nSPS) is 11.2. The van der Waals surface area contributed by atoms with Crippen LogP contribution in [0.25, 0.3) is 43.8 Å². The first-order valence-electron chi connectivity index (χ1n) is 9.18. The Morgan fingerprint density at radius 1 is 0.357 bits per heavy atom. The quantitative estimate of drug-likeness (QED) is 0.145. The largest absolute Gasteiger partial charge is 0.0616 e. The Kier molecular flexibility index (Phi) is 4.85. The Balaban J connectivity index is 1.96. The lowest BCUT2D eigenvalue weighted by Crippen LogP contribution is -1.90. The average molecular weight is 582 g/mol. The van der Waals surface area contributed by atoms with E-state index in [1.54, 1.807) is 0 Å². The molecule has 0 aliphatic carbocycles. The molecule has 0 unspecified atom stereocenters. The predicted molar refractivity (Wildman–Crippen MR) is 138 cm³/mol. The van der Waals surface area contributed by atoms with Gasteiger partial charge in [0.15, 0.2) is 0 Å². The Bertz CT molecular complexity index is 1140. The van der Waals surface area contributed by atoms with E-state index in [2.05, 4.69) is 142 Å². The van der Waals surface area contributed by atoms with Crippen LogP contribution in [-0.2, 0) is 0 Å². The molecule has 0 atom stereocenters. The van der Waals surface area contributed by atoms with Gasteiger partial charge in [0.2, 0.25) is 0 Å². The molecule has 28 heavy (non-hydrogen) atoms. The van der Waals surface area contributed by atoms with E-state index in [9.17, 15) is 0 Å². The maximum Gasteiger partial charge on any atom is 0.0130 e. The lowest BCUT2D eigenvalue weighted by atomic mass is 9.86. The zero-order valence-corrected chi connectivity index (χ0v) is 19.3. The summed E-state index contributed by atoms with van der Waals surface area (Å²) in [5, 5.41) is 5.21. The second-order valence-corrected chi connectivity index (χ2v) is 9.35. The van der Waals surface area contributed by atoms with Crippen LogP contribution in [0.2, 0.25) is 0 Å². The van der Waals surface area contributed by atoms with Crippen molar-refractivity contribution in [3.8, 4) is 22.3 Å². The fraction of sp³-hybridized carbons (Fsp3) is 0. The molecule has 0 heterocycles. The van der Waals surface area contributed by atoms with Gasteiger partial charge < -0.3 is 0 Å². The maximum absolute atomic E-state index is 2.37. The highest BCUT2D eigenvalue weighted by Crippen LogP contribution is 2.43. The first-order chi connectivity index (χ1) is 13.7. The monoisotopic (exact) mass is 582 g/mol. The van der Waals surface area contributed by atoms with Crippen LogP contribution in [0.1, 0.15) is 0 Å². The first kappa shape index (κ1) is 18.1. The van der Waals surface area contributed by atoms with E-state index in [1.807, 2.05) is 0 Å². The third-order valence-corrected chi connectivity index (χ3v) is 6.64. The second-order valence-electron chi connectivity index (χ2n) is 6.85. The number of fused-ring (bicyclic) bond motifs is 2. The van der Waals surface area contributed by atoms with Crippen LogP contribution in [0.5, 0.6) is 0 Å². The Morgan fingerprint density at radius 2 is 0.643 bits per heavy atom. The van der Waals surface area contributed by atoms with E-state index in [0.29, 0.717) is 0 Å². The summed E-state index contributed by atoms with van der Waals surface area (Å²) in [4.78, 5) is 0. The van der Waals surface area contributed by atoms with Gasteiger partial charge in [0.25, 0.3) is 0 Å². The molecule has 2 heteroatoms. The minimum atomic E-state index is 1.26. The fourth-order valence-electron chi connectivity index (χ4n) is 3.98. The van der Waals surface area contributed by atoms with Crippen molar-refractivity contribution in [2.45, 2.75) is 0 Å². The van der Waals surface area contributed by atoms with Gasteiger partial charge >= 0.3 is 0 Å². The van der Waals surface area contributed by atoms with Crippen molar-refractivity contribution in [1.29, 1.82) is 0 Å². The Labute approximate surface area is 191 Å². The summed E-state index contributed by atoms with van der Waals surface area (Å²) in [7, 11) is 0. The Hall–Kier alpha value is -1.92. The highest BCUT2D eigenvalue weighted by Gasteiger charge is 2.16. The molecule has 5 rings (SSSR count). The third kappa shape index (κ3) is 3.12. The molecule has 0 N–H and O–H groups in total. The van der Waals surface area contributed by atoms with Crippen molar-refractivity contribution in [2.75, 3.05) is 0 Å². The van der Waals surface area contributed by atoms with Gasteiger partial charge in [0.1, 0.15) is 0 Å². The van der Waals surface area contributed by atoms with Gasteiger partial charge in [0.05, 0.1) is 0 Å². The summed E-state index contributed by atoms with van der Waals surface area (Å²) in [6.07, 6.45) is 0. The number of halogens is 2. The van der Waals surface area contributed by atoms with E-state index in [-0.39, 0.29) is 0 Å². The summed E-state index contributed by atoms with van der Waals surface area (Å²) in [6.45, 7) is 0. The van der Waals surface area contributed by atoms with E-state index in [1.165, 1.54) is 50.9 Å². The van der Waals surface area contributed by atoms with Crippen LogP contribution >= 0.6 is 45.2 Å². The van der Waals surface area contributed by atoms with Gasteiger partial charge in [-0.3, -0.25) is 0 Å². The van der Waals surface area contributed by atoms with Crippen LogP contribution in [0.4, 0.5) is 0 Å². The summed E-state index contributed by atoms with van der Waals surface area (Å²) >= 11 is 4.73. The molecular formula is C26H16I2. The molecule has 0 radical (unpaired) electrons. The van der Waals surface area contributed by atoms with Crippen molar-refractivity contribution in [3.05, 3.63) is 104 Å². The summed E-state index contributed by atoms with van der Waals surface area (Å²) in [5.41, 5.74) is 5.16. The van der Waals surface area contributed by atoms with E-state index >= 15 is 0 Å². The van der Waals surface area contributed by atoms with Crippen LogP contribution < -0.4 is 0 Å². The molecule has 0 fully saturated rings. The molecular weight excluding hydrogens is 566 g/mol. The molecule has 5 aromatic carbocycles. The van der Waals surface area contributed by atoms with Gasteiger partial charge in [0, 0.05) is 7.14 Å². The molecule has 134 valence electrons. The van der Waals surface area contributed by atoms with Crippen LogP contribution in [0, 0.1) is 7.14 Å². The van der Waals surface area contributed by atoms with Gasteiger partial charge in [-0.1, -0.05) is 72.8 Å². The van der Waals surface area contributed by atoms with E-state index in [4.69, 9.17) is 0 Å². The van der Waals surface area contributed by atoms with Gasteiger partial charge in [-0.05, 0) is 113 Å². The second kappa shape index (κ2) is 7.48. The molecule has 0 aliphatic heterocycles. The summed E-state index contributed by atoms with van der Waals surface area (Å²) < 4.78 is 2.51. The Morgan fingerprint density at radius 3 is 0.929 bits per heavy atom. The average Bonchev–Trinajstić information content (AvgIpc) is 2.74. The fourth-order valence-corrected chi connectivity index (χ4v) is 4.70. The standard InChI is InChI=1S/C26H16I2/c27-19-13-9-17(10-14-19)25-21-5-1-2-6-22(21)26(18-11-15-20(28)16-12-18)24-8-4-3-7-23(24)25/h1-16H.